The molecule has 0 radical (unpaired) electrons. The largest absolute Gasteiger partial charge is 0.325 e. The lowest BCUT2D eigenvalue weighted by atomic mass is 10.1. The molecule has 0 heterocycles. The van der Waals surface area contributed by atoms with Crippen LogP contribution in [0.3, 0.4) is 0 Å². The van der Waals surface area contributed by atoms with Gasteiger partial charge in [0.25, 0.3) is 0 Å². The number of nitrogens with one attached hydrogen (secondary N) is 2. The van der Waals surface area contributed by atoms with E-state index < -0.39 is 17.7 Å². The molecule has 0 bridgehead atoms. The Kier molecular flexibility index (Phi) is 5.22. The highest BCUT2D eigenvalue weighted by molar-refractivity contribution is 5.94. The average molecular weight is 304 g/mol. The van der Waals surface area contributed by atoms with Gasteiger partial charge in [0.2, 0.25) is 5.91 Å². The summed E-state index contributed by atoms with van der Waals surface area (Å²) in [6.45, 7) is 3.67. The number of carbonyl (C=O) groups is 1. The molecule has 0 fully saturated rings. The zero-order valence-electron chi connectivity index (χ0n) is 12.4. The predicted molar refractivity (Wildman–Crippen MR) is 82.4 cm³/mol. The highest BCUT2D eigenvalue weighted by Crippen LogP contribution is 2.15. The number of hydrogen-bond donors (Lipinski definition) is 2. The van der Waals surface area contributed by atoms with Crippen LogP contribution in [0.15, 0.2) is 48.5 Å². The van der Waals surface area contributed by atoms with Gasteiger partial charge < -0.3 is 5.32 Å². The third-order valence-electron chi connectivity index (χ3n) is 3.38. The summed E-state index contributed by atoms with van der Waals surface area (Å²) in [5.41, 5.74) is 1.29. The Labute approximate surface area is 128 Å². The summed E-state index contributed by atoms with van der Waals surface area (Å²) in [5.74, 6) is -2.24. The molecule has 0 aliphatic carbocycles. The molecule has 2 aromatic rings. The molecule has 2 atom stereocenters. The van der Waals surface area contributed by atoms with Gasteiger partial charge >= 0.3 is 0 Å². The van der Waals surface area contributed by atoms with E-state index in [0.717, 1.165) is 17.7 Å². The molecule has 0 unspecified atom stereocenters. The topological polar surface area (TPSA) is 41.1 Å². The SMILES string of the molecule is C[C@H](N[C@H](C)c1ccccc1)C(=O)Nc1ccc(F)c(F)c1. The van der Waals surface area contributed by atoms with Crippen LogP contribution in [0.5, 0.6) is 0 Å². The summed E-state index contributed by atoms with van der Waals surface area (Å²) in [7, 11) is 0. The molecule has 22 heavy (non-hydrogen) atoms. The van der Waals surface area contributed by atoms with Gasteiger partial charge in [-0.3, -0.25) is 10.1 Å². The van der Waals surface area contributed by atoms with Crippen LogP contribution in [0.1, 0.15) is 25.5 Å². The van der Waals surface area contributed by atoms with Crippen molar-refractivity contribution >= 4 is 11.6 Å². The molecule has 1 amide bonds. The maximum Gasteiger partial charge on any atom is 0.241 e. The Morgan fingerprint density at radius 3 is 2.32 bits per heavy atom. The van der Waals surface area contributed by atoms with Crippen molar-refractivity contribution in [1.82, 2.24) is 5.32 Å². The smallest absolute Gasteiger partial charge is 0.241 e. The maximum atomic E-state index is 13.1. The predicted octanol–water partition coefficient (Wildman–Crippen LogP) is 3.64. The summed E-state index contributed by atoms with van der Waals surface area (Å²) in [6.07, 6.45) is 0. The first-order chi connectivity index (χ1) is 10.5. The van der Waals surface area contributed by atoms with Gasteiger partial charge in [0.1, 0.15) is 0 Å². The second-order valence-corrected chi connectivity index (χ2v) is 5.14. The van der Waals surface area contributed by atoms with Crippen molar-refractivity contribution in [3.63, 3.8) is 0 Å². The number of halogens is 2. The van der Waals surface area contributed by atoms with Crippen LogP contribution < -0.4 is 10.6 Å². The molecule has 5 heteroatoms. The molecular weight excluding hydrogens is 286 g/mol. The van der Waals surface area contributed by atoms with E-state index in [1.54, 1.807) is 6.92 Å². The zero-order valence-corrected chi connectivity index (χ0v) is 12.4. The lowest BCUT2D eigenvalue weighted by Gasteiger charge is -2.20. The van der Waals surface area contributed by atoms with Gasteiger partial charge in [-0.25, -0.2) is 8.78 Å². The van der Waals surface area contributed by atoms with E-state index in [2.05, 4.69) is 10.6 Å². The van der Waals surface area contributed by atoms with Crippen LogP contribution in [0.4, 0.5) is 14.5 Å². The van der Waals surface area contributed by atoms with Crippen molar-refractivity contribution in [2.45, 2.75) is 25.9 Å². The monoisotopic (exact) mass is 304 g/mol. The number of anilines is 1. The number of benzene rings is 2. The average Bonchev–Trinajstić information content (AvgIpc) is 2.51. The number of carbonyl (C=O) groups excluding carboxylic acids is 1. The van der Waals surface area contributed by atoms with Crippen LogP contribution in [0.2, 0.25) is 0 Å². The molecule has 2 aromatic carbocycles. The van der Waals surface area contributed by atoms with Crippen molar-refractivity contribution in [1.29, 1.82) is 0 Å². The lowest BCUT2D eigenvalue weighted by Crippen LogP contribution is -2.39. The summed E-state index contributed by atoms with van der Waals surface area (Å²) in [5, 5.41) is 5.72. The van der Waals surface area contributed by atoms with Crippen molar-refractivity contribution in [3.05, 3.63) is 65.7 Å². The molecule has 2 rings (SSSR count). The minimum Gasteiger partial charge on any atom is -0.325 e. The number of amides is 1. The quantitative estimate of drug-likeness (QED) is 0.885. The highest BCUT2D eigenvalue weighted by Gasteiger charge is 2.16. The normalized spacial score (nSPS) is 13.5. The molecule has 116 valence electrons. The minimum absolute atomic E-state index is 0.00750. The summed E-state index contributed by atoms with van der Waals surface area (Å²) in [6, 6.07) is 12.5. The molecule has 0 saturated carbocycles. The number of hydrogen-bond acceptors (Lipinski definition) is 2. The molecular formula is C17H18F2N2O. The standard InChI is InChI=1S/C17H18F2N2O/c1-11(13-6-4-3-5-7-13)20-12(2)17(22)21-14-8-9-15(18)16(19)10-14/h3-12,20H,1-2H3,(H,21,22)/t11-,12+/m1/s1. The third-order valence-corrected chi connectivity index (χ3v) is 3.38. The Hall–Kier alpha value is -2.27. The molecule has 0 spiro atoms. The second-order valence-electron chi connectivity index (χ2n) is 5.14. The van der Waals surface area contributed by atoms with E-state index in [-0.39, 0.29) is 17.6 Å². The van der Waals surface area contributed by atoms with Gasteiger partial charge in [0, 0.05) is 17.8 Å². The van der Waals surface area contributed by atoms with Gasteiger partial charge in [-0.1, -0.05) is 30.3 Å². The second kappa shape index (κ2) is 7.13. The van der Waals surface area contributed by atoms with E-state index in [1.807, 2.05) is 37.3 Å². The van der Waals surface area contributed by atoms with Crippen molar-refractivity contribution in [2.24, 2.45) is 0 Å². The van der Waals surface area contributed by atoms with Crippen LogP contribution in [0, 0.1) is 11.6 Å². The van der Waals surface area contributed by atoms with Crippen LogP contribution in [0.25, 0.3) is 0 Å². The van der Waals surface area contributed by atoms with Crippen molar-refractivity contribution < 1.29 is 13.6 Å². The van der Waals surface area contributed by atoms with Crippen molar-refractivity contribution in [3.8, 4) is 0 Å². The van der Waals surface area contributed by atoms with E-state index in [1.165, 1.54) is 6.07 Å². The van der Waals surface area contributed by atoms with E-state index in [4.69, 9.17) is 0 Å². The lowest BCUT2D eigenvalue weighted by molar-refractivity contribution is -0.117. The fourth-order valence-electron chi connectivity index (χ4n) is 2.11. The van der Waals surface area contributed by atoms with E-state index in [9.17, 15) is 13.6 Å². The minimum atomic E-state index is -0.990. The Morgan fingerprint density at radius 1 is 1.00 bits per heavy atom. The Bertz CT molecular complexity index is 646. The van der Waals surface area contributed by atoms with E-state index in [0.29, 0.717) is 0 Å². The van der Waals surface area contributed by atoms with Crippen LogP contribution in [-0.2, 0) is 4.79 Å². The third kappa shape index (κ3) is 4.11. The molecule has 0 aromatic heterocycles. The molecule has 0 aliphatic rings. The Balaban J connectivity index is 1.95. The summed E-state index contributed by atoms with van der Waals surface area (Å²) < 4.78 is 26.0. The summed E-state index contributed by atoms with van der Waals surface area (Å²) >= 11 is 0. The highest BCUT2D eigenvalue weighted by atomic mass is 19.2. The molecule has 3 nitrogen and oxygen atoms in total. The fraction of sp³-hybridized carbons (Fsp3) is 0.235. The van der Waals surface area contributed by atoms with Gasteiger partial charge in [0.15, 0.2) is 11.6 Å². The van der Waals surface area contributed by atoms with E-state index >= 15 is 0 Å². The maximum absolute atomic E-state index is 13.1. The van der Waals surface area contributed by atoms with Gasteiger partial charge in [-0.15, -0.1) is 0 Å². The van der Waals surface area contributed by atoms with Crippen LogP contribution in [-0.4, -0.2) is 11.9 Å². The number of rotatable bonds is 5. The summed E-state index contributed by atoms with van der Waals surface area (Å²) in [4.78, 5) is 12.1. The Morgan fingerprint density at radius 2 is 1.68 bits per heavy atom. The van der Waals surface area contributed by atoms with Gasteiger partial charge in [0.05, 0.1) is 6.04 Å². The first-order valence-electron chi connectivity index (χ1n) is 7.04. The van der Waals surface area contributed by atoms with Crippen LogP contribution >= 0.6 is 0 Å². The van der Waals surface area contributed by atoms with Crippen molar-refractivity contribution in [2.75, 3.05) is 5.32 Å². The first kappa shape index (κ1) is 16.1. The first-order valence-corrected chi connectivity index (χ1v) is 7.04. The zero-order chi connectivity index (χ0) is 16.1. The van der Waals surface area contributed by atoms with Gasteiger partial charge in [-0.05, 0) is 31.5 Å². The molecule has 0 saturated heterocycles. The van der Waals surface area contributed by atoms with Gasteiger partial charge in [-0.2, -0.15) is 0 Å². The molecule has 2 N–H and O–H groups in total. The fourth-order valence-corrected chi connectivity index (χ4v) is 2.11. The molecule has 0 aliphatic heterocycles.